The molecule has 0 aromatic carbocycles. The summed E-state index contributed by atoms with van der Waals surface area (Å²) in [4.78, 5) is 23.2. The molecule has 0 saturated carbocycles. The fraction of sp³-hybridized carbons (Fsp3) is 0.769. The van der Waals surface area contributed by atoms with Crippen molar-refractivity contribution >= 4 is 11.9 Å². The van der Waals surface area contributed by atoms with Crippen LogP contribution >= 0.6 is 0 Å². The number of nitrogens with zero attached hydrogens (tertiary/aromatic N) is 1. The molecule has 1 unspecified atom stereocenters. The number of ether oxygens (including phenoxy) is 2. The van der Waals surface area contributed by atoms with Crippen LogP contribution in [0.5, 0.6) is 0 Å². The maximum atomic E-state index is 11.7. The van der Waals surface area contributed by atoms with E-state index in [9.17, 15) is 9.59 Å². The van der Waals surface area contributed by atoms with Gasteiger partial charge in [0, 0.05) is 0 Å². The van der Waals surface area contributed by atoms with E-state index in [1.54, 1.807) is 27.7 Å². The summed E-state index contributed by atoms with van der Waals surface area (Å²) in [6, 6.07) is 2.11. The van der Waals surface area contributed by atoms with Crippen LogP contribution < -0.4 is 0 Å². The van der Waals surface area contributed by atoms with Crippen LogP contribution in [0.2, 0.25) is 0 Å². The number of hydrogen-bond donors (Lipinski definition) is 0. The molecule has 0 N–H and O–H groups in total. The van der Waals surface area contributed by atoms with Gasteiger partial charge in [-0.1, -0.05) is 0 Å². The molecule has 18 heavy (non-hydrogen) atoms. The summed E-state index contributed by atoms with van der Waals surface area (Å²) >= 11 is 0. The average molecular weight is 255 g/mol. The number of carbonyl (C=O) groups is 2. The van der Waals surface area contributed by atoms with Crippen LogP contribution in [-0.4, -0.2) is 25.2 Å². The van der Waals surface area contributed by atoms with Gasteiger partial charge >= 0.3 is 11.9 Å². The molecule has 0 saturated heterocycles. The van der Waals surface area contributed by atoms with Gasteiger partial charge in [-0.15, -0.1) is 0 Å². The zero-order valence-corrected chi connectivity index (χ0v) is 11.5. The van der Waals surface area contributed by atoms with Crippen LogP contribution in [0.4, 0.5) is 0 Å². The second-order valence-electron chi connectivity index (χ2n) is 4.66. The lowest BCUT2D eigenvalue weighted by Gasteiger charge is -2.21. The maximum absolute atomic E-state index is 11.7. The summed E-state index contributed by atoms with van der Waals surface area (Å²) in [6.07, 6.45) is 0.235. The zero-order valence-electron chi connectivity index (χ0n) is 11.5. The van der Waals surface area contributed by atoms with Gasteiger partial charge in [-0.2, -0.15) is 5.26 Å². The number of nitriles is 1. The number of carbonyl (C=O) groups excluding carboxylic acids is 2. The van der Waals surface area contributed by atoms with E-state index in [1.807, 2.05) is 0 Å². The first-order chi connectivity index (χ1) is 8.36. The highest BCUT2D eigenvalue weighted by atomic mass is 16.5. The van der Waals surface area contributed by atoms with Crippen molar-refractivity contribution in [3.05, 3.63) is 0 Å². The van der Waals surface area contributed by atoms with Crippen LogP contribution in [0.15, 0.2) is 0 Å². The van der Waals surface area contributed by atoms with Crippen molar-refractivity contribution in [1.82, 2.24) is 0 Å². The van der Waals surface area contributed by atoms with Crippen molar-refractivity contribution in [2.24, 2.45) is 11.3 Å². The van der Waals surface area contributed by atoms with Gasteiger partial charge < -0.3 is 9.47 Å². The molecule has 0 aromatic rings. The summed E-state index contributed by atoms with van der Waals surface area (Å²) in [5.74, 6) is -1.52. The first-order valence-electron chi connectivity index (χ1n) is 6.09. The second-order valence-corrected chi connectivity index (χ2v) is 4.66. The zero-order chi connectivity index (χ0) is 14.2. The predicted molar refractivity (Wildman–Crippen MR) is 65.4 cm³/mol. The van der Waals surface area contributed by atoms with E-state index >= 15 is 0 Å². The van der Waals surface area contributed by atoms with Crippen LogP contribution in [0, 0.1) is 22.7 Å². The van der Waals surface area contributed by atoms with Gasteiger partial charge in [0.2, 0.25) is 0 Å². The van der Waals surface area contributed by atoms with E-state index in [0.29, 0.717) is 0 Å². The van der Waals surface area contributed by atoms with Crippen molar-refractivity contribution in [1.29, 1.82) is 5.26 Å². The lowest BCUT2D eigenvalue weighted by Crippen LogP contribution is -2.27. The Balaban J connectivity index is 4.68. The Morgan fingerprint density at radius 2 is 1.78 bits per heavy atom. The van der Waals surface area contributed by atoms with Gasteiger partial charge in [0.25, 0.3) is 0 Å². The predicted octanol–water partition coefficient (Wildman–Crippen LogP) is 2.06. The molecule has 0 rings (SSSR count). The average Bonchev–Trinajstić information content (AvgIpc) is 2.28. The Morgan fingerprint density at radius 3 is 2.22 bits per heavy atom. The Kier molecular flexibility index (Phi) is 7.03. The summed E-state index contributed by atoms with van der Waals surface area (Å²) in [7, 11) is 0. The maximum Gasteiger partial charge on any atom is 0.309 e. The lowest BCUT2D eigenvalue weighted by atomic mass is 9.83. The van der Waals surface area contributed by atoms with E-state index in [-0.39, 0.29) is 26.1 Å². The molecule has 5 heteroatoms. The van der Waals surface area contributed by atoms with Crippen LogP contribution in [0.1, 0.15) is 40.5 Å². The molecule has 0 aliphatic carbocycles. The van der Waals surface area contributed by atoms with Crippen molar-refractivity contribution in [3.63, 3.8) is 0 Å². The van der Waals surface area contributed by atoms with Crippen molar-refractivity contribution in [2.45, 2.75) is 40.5 Å². The third-order valence-electron chi connectivity index (χ3n) is 2.40. The Hall–Kier alpha value is -1.57. The quantitative estimate of drug-likeness (QED) is 0.651. The highest BCUT2D eigenvalue weighted by molar-refractivity contribution is 5.80. The SMILES string of the molecule is CCOC(=O)CC(CC(C)(C)C#N)C(=O)OCC. The van der Waals surface area contributed by atoms with E-state index in [1.165, 1.54) is 0 Å². The summed E-state index contributed by atoms with van der Waals surface area (Å²) < 4.78 is 9.74. The standard InChI is InChI=1S/C13H21NO4/c1-5-17-11(15)7-10(12(16)18-6-2)8-13(3,4)9-14/h10H,5-8H2,1-4H3. The van der Waals surface area contributed by atoms with Gasteiger partial charge in [-0.25, -0.2) is 0 Å². The van der Waals surface area contributed by atoms with E-state index < -0.39 is 23.3 Å². The molecule has 0 radical (unpaired) electrons. The molecule has 0 heterocycles. The minimum absolute atomic E-state index is 0.0439. The molecule has 0 aromatic heterocycles. The Labute approximate surface area is 108 Å². The third kappa shape index (κ3) is 6.24. The highest BCUT2D eigenvalue weighted by Gasteiger charge is 2.31. The van der Waals surface area contributed by atoms with Crippen molar-refractivity contribution in [3.8, 4) is 6.07 Å². The van der Waals surface area contributed by atoms with Crippen LogP contribution in [0.25, 0.3) is 0 Å². The fourth-order valence-electron chi connectivity index (χ4n) is 1.58. The second kappa shape index (κ2) is 7.70. The molecule has 0 spiro atoms. The minimum atomic E-state index is -0.677. The van der Waals surface area contributed by atoms with Crippen molar-refractivity contribution in [2.75, 3.05) is 13.2 Å². The summed E-state index contributed by atoms with van der Waals surface area (Å²) in [5.41, 5.74) is -0.677. The fourth-order valence-corrected chi connectivity index (χ4v) is 1.58. The van der Waals surface area contributed by atoms with Gasteiger partial charge in [0.1, 0.15) is 0 Å². The third-order valence-corrected chi connectivity index (χ3v) is 2.40. The number of rotatable bonds is 7. The summed E-state index contributed by atoms with van der Waals surface area (Å²) in [5, 5.41) is 8.97. The molecular weight excluding hydrogens is 234 g/mol. The monoisotopic (exact) mass is 255 g/mol. The van der Waals surface area contributed by atoms with Crippen LogP contribution in [-0.2, 0) is 19.1 Å². The van der Waals surface area contributed by atoms with E-state index in [0.717, 1.165) is 0 Å². The van der Waals surface area contributed by atoms with Gasteiger partial charge in [-0.3, -0.25) is 9.59 Å². The normalized spacial score (nSPS) is 12.4. The minimum Gasteiger partial charge on any atom is -0.466 e. The van der Waals surface area contributed by atoms with Gasteiger partial charge in [-0.05, 0) is 34.1 Å². The summed E-state index contributed by atoms with van der Waals surface area (Å²) in [6.45, 7) is 7.39. The largest absolute Gasteiger partial charge is 0.466 e. The molecule has 0 aliphatic heterocycles. The van der Waals surface area contributed by atoms with E-state index in [4.69, 9.17) is 14.7 Å². The first kappa shape index (κ1) is 16.4. The topological polar surface area (TPSA) is 76.4 Å². The molecule has 1 atom stereocenters. The number of hydrogen-bond acceptors (Lipinski definition) is 5. The molecule has 102 valence electrons. The molecule has 0 amide bonds. The molecule has 0 aliphatic rings. The highest BCUT2D eigenvalue weighted by Crippen LogP contribution is 2.27. The Morgan fingerprint density at radius 1 is 1.22 bits per heavy atom. The van der Waals surface area contributed by atoms with Crippen molar-refractivity contribution < 1.29 is 19.1 Å². The Bertz CT molecular complexity index is 330. The smallest absolute Gasteiger partial charge is 0.309 e. The van der Waals surface area contributed by atoms with Gasteiger partial charge in [0.05, 0.1) is 37.0 Å². The molecule has 5 nitrogen and oxygen atoms in total. The molecule has 0 fully saturated rings. The molecule has 0 bridgehead atoms. The van der Waals surface area contributed by atoms with Crippen LogP contribution in [0.3, 0.4) is 0 Å². The number of esters is 2. The molecular formula is C13H21NO4. The van der Waals surface area contributed by atoms with E-state index in [2.05, 4.69) is 6.07 Å². The first-order valence-corrected chi connectivity index (χ1v) is 6.09. The lowest BCUT2D eigenvalue weighted by molar-refractivity contribution is -0.155. The van der Waals surface area contributed by atoms with Gasteiger partial charge in [0.15, 0.2) is 0 Å².